The minimum absolute atomic E-state index is 0.284. The molecule has 0 bridgehead atoms. The Balaban J connectivity index is 2.53. The van der Waals surface area contributed by atoms with E-state index in [1.807, 2.05) is 29.6 Å². The molecule has 2 aromatic rings. The average Bonchev–Trinajstić information content (AvgIpc) is 2.78. The van der Waals surface area contributed by atoms with Gasteiger partial charge < -0.3 is 5.11 Å². The molecule has 0 aliphatic carbocycles. The van der Waals surface area contributed by atoms with E-state index in [1.165, 1.54) is 17.4 Å². The molecule has 1 heterocycles. The van der Waals surface area contributed by atoms with Gasteiger partial charge in [-0.15, -0.1) is 22.9 Å². The molecule has 0 spiro atoms. The Kier molecular flexibility index (Phi) is 3.79. The standard InChI is InChI=1S/C13H9ClO3S/c14-6-11(15)10(13(16)17)5-8-7-18-12-4-2-1-3-9(8)12/h1-5,7H,6H2,(H,16,17)/b10-5-. The number of hydrogen-bond acceptors (Lipinski definition) is 3. The molecule has 3 nitrogen and oxygen atoms in total. The molecule has 1 aromatic heterocycles. The Labute approximate surface area is 112 Å². The van der Waals surface area contributed by atoms with Crippen LogP contribution in [0.1, 0.15) is 5.56 Å². The number of carboxylic acids is 1. The second-order valence-corrected chi connectivity index (χ2v) is 4.79. The number of ketones is 1. The van der Waals surface area contributed by atoms with Gasteiger partial charge in [-0.3, -0.25) is 4.79 Å². The van der Waals surface area contributed by atoms with E-state index in [4.69, 9.17) is 16.7 Å². The summed E-state index contributed by atoms with van der Waals surface area (Å²) in [4.78, 5) is 22.5. The first-order valence-corrected chi connectivity index (χ1v) is 6.55. The normalized spacial score (nSPS) is 11.7. The van der Waals surface area contributed by atoms with Gasteiger partial charge >= 0.3 is 5.97 Å². The maximum atomic E-state index is 11.4. The Morgan fingerprint density at radius 2 is 2.06 bits per heavy atom. The van der Waals surface area contributed by atoms with Crippen LogP contribution in [-0.2, 0) is 9.59 Å². The van der Waals surface area contributed by atoms with E-state index in [1.54, 1.807) is 0 Å². The summed E-state index contributed by atoms with van der Waals surface area (Å²) in [6, 6.07) is 7.62. The van der Waals surface area contributed by atoms with E-state index in [9.17, 15) is 9.59 Å². The zero-order chi connectivity index (χ0) is 13.1. The largest absolute Gasteiger partial charge is 0.478 e. The zero-order valence-corrected chi connectivity index (χ0v) is 10.8. The smallest absolute Gasteiger partial charge is 0.339 e. The molecule has 0 saturated carbocycles. The highest BCUT2D eigenvalue weighted by Crippen LogP contribution is 2.27. The third kappa shape index (κ3) is 2.44. The van der Waals surface area contributed by atoms with Gasteiger partial charge in [0.1, 0.15) is 5.57 Å². The summed E-state index contributed by atoms with van der Waals surface area (Å²) in [5, 5.41) is 11.8. The SMILES string of the molecule is O=C(O)/C(=C\c1csc2ccccc12)C(=O)CCl. The van der Waals surface area contributed by atoms with Crippen LogP contribution in [0.15, 0.2) is 35.2 Å². The predicted octanol–water partition coefficient (Wildman–Crippen LogP) is 3.18. The van der Waals surface area contributed by atoms with Crippen molar-refractivity contribution in [1.82, 2.24) is 0 Å². The number of carboxylic acid groups (broad SMARTS) is 1. The molecule has 0 amide bonds. The maximum absolute atomic E-state index is 11.4. The molecule has 2 rings (SSSR count). The van der Waals surface area contributed by atoms with E-state index in [0.717, 1.165) is 15.6 Å². The number of alkyl halides is 1. The van der Waals surface area contributed by atoms with Crippen molar-refractivity contribution in [2.45, 2.75) is 0 Å². The van der Waals surface area contributed by atoms with Gasteiger partial charge in [-0.2, -0.15) is 0 Å². The highest BCUT2D eigenvalue weighted by Gasteiger charge is 2.16. The molecule has 1 N–H and O–H groups in total. The number of Topliss-reactive ketones (excluding diaryl/α,β-unsaturated/α-hetero) is 1. The number of halogens is 1. The highest BCUT2D eigenvalue weighted by molar-refractivity contribution is 7.17. The van der Waals surface area contributed by atoms with Crippen molar-refractivity contribution in [3.8, 4) is 0 Å². The minimum Gasteiger partial charge on any atom is -0.478 e. The molecule has 0 aliphatic heterocycles. The van der Waals surface area contributed by atoms with Crippen LogP contribution in [0.4, 0.5) is 0 Å². The second kappa shape index (κ2) is 5.33. The number of hydrogen-bond donors (Lipinski definition) is 1. The summed E-state index contributed by atoms with van der Waals surface area (Å²) < 4.78 is 1.05. The van der Waals surface area contributed by atoms with Crippen molar-refractivity contribution in [3.05, 3.63) is 40.8 Å². The number of rotatable bonds is 4. The molecule has 18 heavy (non-hydrogen) atoms. The minimum atomic E-state index is -1.25. The molecule has 0 saturated heterocycles. The van der Waals surface area contributed by atoms with Crippen molar-refractivity contribution in [3.63, 3.8) is 0 Å². The lowest BCUT2D eigenvalue weighted by Crippen LogP contribution is -2.13. The molecule has 1 aromatic carbocycles. The van der Waals surface area contributed by atoms with Crippen LogP contribution < -0.4 is 0 Å². The molecular formula is C13H9ClO3S. The molecular weight excluding hydrogens is 272 g/mol. The quantitative estimate of drug-likeness (QED) is 0.405. The van der Waals surface area contributed by atoms with Gasteiger partial charge in [0.2, 0.25) is 0 Å². The first kappa shape index (κ1) is 12.8. The van der Waals surface area contributed by atoms with E-state index in [0.29, 0.717) is 0 Å². The molecule has 92 valence electrons. The van der Waals surface area contributed by atoms with E-state index in [-0.39, 0.29) is 11.5 Å². The van der Waals surface area contributed by atoms with E-state index in [2.05, 4.69) is 0 Å². The van der Waals surface area contributed by atoms with Crippen LogP contribution in [0.2, 0.25) is 0 Å². The van der Waals surface area contributed by atoms with Crippen molar-refractivity contribution < 1.29 is 14.7 Å². The molecule has 0 aliphatic rings. The number of carbonyl (C=O) groups is 2. The van der Waals surface area contributed by atoms with Crippen molar-refractivity contribution in [2.24, 2.45) is 0 Å². The van der Waals surface area contributed by atoms with Crippen molar-refractivity contribution in [2.75, 3.05) is 5.88 Å². The van der Waals surface area contributed by atoms with Gasteiger partial charge in [-0.1, -0.05) is 18.2 Å². The lowest BCUT2D eigenvalue weighted by atomic mass is 10.1. The Hall–Kier alpha value is -1.65. The van der Waals surface area contributed by atoms with Crippen molar-refractivity contribution in [1.29, 1.82) is 0 Å². The fraction of sp³-hybridized carbons (Fsp3) is 0.0769. The van der Waals surface area contributed by atoms with Crippen molar-refractivity contribution >= 4 is 50.9 Å². The number of thiophene rings is 1. The molecule has 0 fully saturated rings. The monoisotopic (exact) mass is 280 g/mol. The summed E-state index contributed by atoms with van der Waals surface area (Å²) in [5.74, 6) is -2.17. The Bertz CT molecular complexity index is 642. The third-order valence-corrected chi connectivity index (χ3v) is 3.69. The van der Waals surface area contributed by atoms with Crippen LogP contribution in [0.3, 0.4) is 0 Å². The summed E-state index contributed by atoms with van der Waals surface area (Å²) in [6.07, 6.45) is 1.38. The maximum Gasteiger partial charge on any atom is 0.339 e. The topological polar surface area (TPSA) is 54.4 Å². The lowest BCUT2D eigenvalue weighted by molar-refractivity contribution is -0.134. The number of carbonyl (C=O) groups excluding carboxylic acids is 1. The van der Waals surface area contributed by atoms with E-state index >= 15 is 0 Å². The molecule has 0 radical (unpaired) electrons. The third-order valence-electron chi connectivity index (χ3n) is 2.46. The lowest BCUT2D eigenvalue weighted by Gasteiger charge is -1.98. The van der Waals surface area contributed by atoms with Gasteiger partial charge in [0.05, 0.1) is 5.88 Å². The van der Waals surface area contributed by atoms with Gasteiger partial charge in [-0.25, -0.2) is 4.79 Å². The molecule has 0 atom stereocenters. The van der Waals surface area contributed by atoms with Crippen LogP contribution >= 0.6 is 22.9 Å². The van der Waals surface area contributed by atoms with Crippen LogP contribution in [0, 0.1) is 0 Å². The summed E-state index contributed by atoms with van der Waals surface area (Å²) in [5.41, 5.74) is 0.444. The first-order chi connectivity index (χ1) is 8.63. The van der Waals surface area contributed by atoms with Gasteiger partial charge in [-0.05, 0) is 28.5 Å². The van der Waals surface area contributed by atoms with Gasteiger partial charge in [0.25, 0.3) is 0 Å². The van der Waals surface area contributed by atoms with Gasteiger partial charge in [0.15, 0.2) is 5.78 Å². The highest BCUT2D eigenvalue weighted by atomic mass is 35.5. The second-order valence-electron chi connectivity index (χ2n) is 3.61. The number of fused-ring (bicyclic) bond motifs is 1. The summed E-state index contributed by atoms with van der Waals surface area (Å²) >= 11 is 6.90. The van der Waals surface area contributed by atoms with E-state index < -0.39 is 11.8 Å². The Morgan fingerprint density at radius 1 is 1.33 bits per heavy atom. The van der Waals surface area contributed by atoms with Crippen LogP contribution in [-0.4, -0.2) is 22.7 Å². The summed E-state index contributed by atoms with van der Waals surface area (Å²) in [6.45, 7) is 0. The van der Waals surface area contributed by atoms with Crippen LogP contribution in [0.25, 0.3) is 16.2 Å². The molecule has 5 heteroatoms. The predicted molar refractivity (Wildman–Crippen MR) is 73.2 cm³/mol. The summed E-state index contributed by atoms with van der Waals surface area (Å²) in [7, 11) is 0. The fourth-order valence-corrected chi connectivity index (χ4v) is 2.66. The fourth-order valence-electron chi connectivity index (χ4n) is 1.60. The van der Waals surface area contributed by atoms with Crippen LogP contribution in [0.5, 0.6) is 0 Å². The van der Waals surface area contributed by atoms with Gasteiger partial charge in [0, 0.05) is 4.70 Å². The first-order valence-electron chi connectivity index (χ1n) is 5.14. The molecule has 0 unspecified atom stereocenters. The number of benzene rings is 1. The zero-order valence-electron chi connectivity index (χ0n) is 9.22. The number of aliphatic carboxylic acids is 1. The Morgan fingerprint density at radius 3 is 2.72 bits per heavy atom. The average molecular weight is 281 g/mol.